The normalized spacial score (nSPS) is 11.1. The van der Waals surface area contributed by atoms with Crippen molar-refractivity contribution in [3.05, 3.63) is 57.5 Å². The number of rotatable bonds is 5. The summed E-state index contributed by atoms with van der Waals surface area (Å²) in [5.41, 5.74) is 8.51. The van der Waals surface area contributed by atoms with Gasteiger partial charge in [-0.1, -0.05) is 12.1 Å². The maximum atomic E-state index is 13.7. The third-order valence-electron chi connectivity index (χ3n) is 2.82. The molecular formula is C14H17FN2S. The SMILES string of the molecule is CN(Cc1ccsc1)Cc1cc(CN)ccc1F. The van der Waals surface area contributed by atoms with Crippen molar-refractivity contribution < 1.29 is 4.39 Å². The highest BCUT2D eigenvalue weighted by Gasteiger charge is 2.07. The van der Waals surface area contributed by atoms with Crippen LogP contribution in [0.3, 0.4) is 0 Å². The maximum absolute atomic E-state index is 13.7. The first-order valence-electron chi connectivity index (χ1n) is 5.86. The Morgan fingerprint density at radius 1 is 1.22 bits per heavy atom. The van der Waals surface area contributed by atoms with E-state index in [0.29, 0.717) is 18.7 Å². The standard InChI is InChI=1S/C14H17FN2S/c1-17(8-12-4-5-18-10-12)9-13-6-11(7-16)2-3-14(13)15/h2-6,10H,7-9,16H2,1H3. The fourth-order valence-corrected chi connectivity index (χ4v) is 2.58. The molecule has 0 aliphatic heterocycles. The van der Waals surface area contributed by atoms with Gasteiger partial charge in [0.05, 0.1) is 0 Å². The van der Waals surface area contributed by atoms with Crippen LogP contribution in [-0.4, -0.2) is 11.9 Å². The fraction of sp³-hybridized carbons (Fsp3) is 0.286. The Balaban J connectivity index is 2.04. The van der Waals surface area contributed by atoms with E-state index in [1.807, 2.05) is 13.1 Å². The van der Waals surface area contributed by atoms with Crippen molar-refractivity contribution >= 4 is 11.3 Å². The van der Waals surface area contributed by atoms with Crippen molar-refractivity contribution in [1.29, 1.82) is 0 Å². The number of benzene rings is 1. The molecule has 1 heterocycles. The van der Waals surface area contributed by atoms with Crippen molar-refractivity contribution in [2.24, 2.45) is 5.73 Å². The first kappa shape index (κ1) is 13.2. The van der Waals surface area contributed by atoms with Crippen LogP contribution < -0.4 is 5.73 Å². The molecule has 2 aromatic rings. The van der Waals surface area contributed by atoms with E-state index in [1.165, 1.54) is 11.6 Å². The predicted octanol–water partition coefficient (Wildman–Crippen LogP) is 2.98. The zero-order chi connectivity index (χ0) is 13.0. The zero-order valence-corrected chi connectivity index (χ0v) is 11.2. The monoisotopic (exact) mass is 264 g/mol. The average Bonchev–Trinajstić information content (AvgIpc) is 2.84. The quantitative estimate of drug-likeness (QED) is 0.899. The smallest absolute Gasteiger partial charge is 0.127 e. The van der Waals surface area contributed by atoms with Gasteiger partial charge < -0.3 is 5.73 Å². The van der Waals surface area contributed by atoms with Crippen molar-refractivity contribution in [3.8, 4) is 0 Å². The summed E-state index contributed by atoms with van der Waals surface area (Å²) >= 11 is 1.68. The molecule has 0 unspecified atom stereocenters. The largest absolute Gasteiger partial charge is 0.326 e. The van der Waals surface area contributed by atoms with E-state index >= 15 is 0 Å². The molecule has 0 aliphatic carbocycles. The molecule has 0 spiro atoms. The molecule has 1 aromatic carbocycles. The second kappa shape index (κ2) is 6.09. The lowest BCUT2D eigenvalue weighted by Gasteiger charge is -2.17. The highest BCUT2D eigenvalue weighted by atomic mass is 32.1. The van der Waals surface area contributed by atoms with Crippen molar-refractivity contribution in [1.82, 2.24) is 4.90 Å². The van der Waals surface area contributed by atoms with Crippen LogP contribution in [0.1, 0.15) is 16.7 Å². The van der Waals surface area contributed by atoms with E-state index in [-0.39, 0.29) is 5.82 Å². The van der Waals surface area contributed by atoms with E-state index < -0.39 is 0 Å². The molecule has 2 N–H and O–H groups in total. The molecular weight excluding hydrogens is 247 g/mol. The Morgan fingerprint density at radius 3 is 2.72 bits per heavy atom. The highest BCUT2D eigenvalue weighted by molar-refractivity contribution is 7.07. The summed E-state index contributed by atoms with van der Waals surface area (Å²) in [4.78, 5) is 2.10. The lowest BCUT2D eigenvalue weighted by Crippen LogP contribution is -2.18. The second-order valence-corrected chi connectivity index (χ2v) is 5.21. The molecule has 0 atom stereocenters. The minimum absolute atomic E-state index is 0.163. The topological polar surface area (TPSA) is 29.3 Å². The Hall–Kier alpha value is -1.23. The van der Waals surface area contributed by atoms with Crippen molar-refractivity contribution in [2.45, 2.75) is 19.6 Å². The molecule has 0 saturated heterocycles. The molecule has 0 amide bonds. The summed E-state index contributed by atoms with van der Waals surface area (Å²) in [7, 11) is 1.99. The van der Waals surface area contributed by atoms with Gasteiger partial charge in [0.1, 0.15) is 5.82 Å². The summed E-state index contributed by atoms with van der Waals surface area (Å²) in [6.45, 7) is 1.87. The van der Waals surface area contributed by atoms with E-state index in [1.54, 1.807) is 17.4 Å². The van der Waals surface area contributed by atoms with Crippen LogP contribution >= 0.6 is 11.3 Å². The second-order valence-electron chi connectivity index (χ2n) is 4.43. The third kappa shape index (κ3) is 3.38. The highest BCUT2D eigenvalue weighted by Crippen LogP contribution is 2.15. The van der Waals surface area contributed by atoms with Crippen LogP contribution in [0.4, 0.5) is 4.39 Å². The Labute approximate surface area is 111 Å². The summed E-state index contributed by atoms with van der Waals surface area (Å²) in [6.07, 6.45) is 0. The number of hydrogen-bond donors (Lipinski definition) is 1. The van der Waals surface area contributed by atoms with E-state index in [2.05, 4.69) is 21.7 Å². The Morgan fingerprint density at radius 2 is 2.06 bits per heavy atom. The third-order valence-corrected chi connectivity index (χ3v) is 3.55. The van der Waals surface area contributed by atoms with Gasteiger partial charge in [0.2, 0.25) is 0 Å². The molecule has 4 heteroatoms. The number of halogens is 1. The minimum Gasteiger partial charge on any atom is -0.326 e. The zero-order valence-electron chi connectivity index (χ0n) is 10.4. The number of nitrogens with zero attached hydrogens (tertiary/aromatic N) is 1. The van der Waals surface area contributed by atoms with Crippen molar-refractivity contribution in [2.75, 3.05) is 7.05 Å². The van der Waals surface area contributed by atoms with Gasteiger partial charge in [-0.3, -0.25) is 4.90 Å². The summed E-state index contributed by atoms with van der Waals surface area (Å²) in [5.74, 6) is -0.163. The Kier molecular flexibility index (Phi) is 4.47. The number of hydrogen-bond acceptors (Lipinski definition) is 3. The van der Waals surface area contributed by atoms with Crippen LogP contribution in [0.5, 0.6) is 0 Å². The first-order chi connectivity index (χ1) is 8.69. The van der Waals surface area contributed by atoms with Crippen molar-refractivity contribution in [3.63, 3.8) is 0 Å². The van der Waals surface area contributed by atoms with Gasteiger partial charge in [-0.15, -0.1) is 0 Å². The van der Waals surface area contributed by atoms with E-state index in [9.17, 15) is 4.39 Å². The molecule has 18 heavy (non-hydrogen) atoms. The molecule has 0 saturated carbocycles. The maximum Gasteiger partial charge on any atom is 0.127 e. The Bertz CT molecular complexity index is 497. The summed E-state index contributed by atoms with van der Waals surface area (Å²) in [6, 6.07) is 7.17. The average molecular weight is 264 g/mol. The molecule has 2 rings (SSSR count). The van der Waals surface area contributed by atoms with Gasteiger partial charge in [-0.05, 0) is 41.1 Å². The van der Waals surface area contributed by atoms with E-state index in [0.717, 1.165) is 12.1 Å². The molecule has 0 aliphatic rings. The first-order valence-corrected chi connectivity index (χ1v) is 6.80. The summed E-state index contributed by atoms with van der Waals surface area (Å²) < 4.78 is 13.7. The predicted molar refractivity (Wildman–Crippen MR) is 73.8 cm³/mol. The van der Waals surface area contributed by atoms with Gasteiger partial charge >= 0.3 is 0 Å². The van der Waals surface area contributed by atoms with Crippen LogP contribution in [0.2, 0.25) is 0 Å². The van der Waals surface area contributed by atoms with Crippen LogP contribution in [0.25, 0.3) is 0 Å². The molecule has 1 aromatic heterocycles. The van der Waals surface area contributed by atoms with Gasteiger partial charge in [0.15, 0.2) is 0 Å². The molecule has 0 bridgehead atoms. The number of nitrogens with two attached hydrogens (primary N) is 1. The van der Waals surface area contributed by atoms with Gasteiger partial charge in [0.25, 0.3) is 0 Å². The van der Waals surface area contributed by atoms with Gasteiger partial charge in [-0.25, -0.2) is 4.39 Å². The van der Waals surface area contributed by atoms with Crippen LogP contribution in [0.15, 0.2) is 35.0 Å². The molecule has 96 valence electrons. The van der Waals surface area contributed by atoms with Gasteiger partial charge in [-0.2, -0.15) is 11.3 Å². The lowest BCUT2D eigenvalue weighted by atomic mass is 10.1. The number of thiophene rings is 1. The lowest BCUT2D eigenvalue weighted by molar-refractivity contribution is 0.314. The molecule has 2 nitrogen and oxygen atoms in total. The van der Waals surface area contributed by atoms with Crippen LogP contribution in [0, 0.1) is 5.82 Å². The van der Waals surface area contributed by atoms with Gasteiger partial charge in [0, 0.05) is 25.2 Å². The van der Waals surface area contributed by atoms with Crippen LogP contribution in [-0.2, 0) is 19.6 Å². The minimum atomic E-state index is -0.163. The molecule has 0 fully saturated rings. The van der Waals surface area contributed by atoms with E-state index in [4.69, 9.17) is 5.73 Å². The fourth-order valence-electron chi connectivity index (χ4n) is 1.92. The summed E-state index contributed by atoms with van der Waals surface area (Å²) in [5, 5.41) is 4.17. The molecule has 0 radical (unpaired) electrons.